The van der Waals surface area contributed by atoms with Crippen LogP contribution in [0.3, 0.4) is 0 Å². The van der Waals surface area contributed by atoms with E-state index in [0.29, 0.717) is 23.3 Å². The summed E-state index contributed by atoms with van der Waals surface area (Å²) in [5, 5.41) is 10.3. The molecule has 0 radical (unpaired) electrons. The molecule has 8 heteroatoms. The molecule has 2 atom stereocenters. The van der Waals surface area contributed by atoms with Gasteiger partial charge >= 0.3 is 0 Å². The number of pyridine rings is 1. The molecular formula is C28H24F3N5. The van der Waals surface area contributed by atoms with Crippen LogP contribution in [0.1, 0.15) is 32.6 Å². The van der Waals surface area contributed by atoms with Gasteiger partial charge in [0.05, 0.1) is 18.0 Å². The average molecular weight is 488 g/mol. The third-order valence-corrected chi connectivity index (χ3v) is 8.04. The maximum atomic E-state index is 16.2. The predicted octanol–water partition coefficient (Wildman–Crippen LogP) is 7.50. The van der Waals surface area contributed by atoms with Crippen molar-refractivity contribution < 1.29 is 13.2 Å². The SMILES string of the molecule is [C-]#[N+]c1c(-c2[nH]nc3c(F)cc(F)cc23)nc(N[C@@H]2C3CCC(CC3)[C@H]2C)c(F)c1-c1ccccc1. The van der Waals surface area contributed by atoms with Crippen molar-refractivity contribution in [1.29, 1.82) is 0 Å². The van der Waals surface area contributed by atoms with Gasteiger partial charge in [-0.05, 0) is 55.1 Å². The van der Waals surface area contributed by atoms with Crippen LogP contribution >= 0.6 is 0 Å². The first kappa shape index (κ1) is 22.6. The van der Waals surface area contributed by atoms with Gasteiger partial charge in [0, 0.05) is 23.1 Å². The van der Waals surface area contributed by atoms with E-state index in [-0.39, 0.29) is 45.4 Å². The van der Waals surface area contributed by atoms with Gasteiger partial charge in [-0.1, -0.05) is 37.3 Å². The second-order valence-electron chi connectivity index (χ2n) is 9.91. The molecule has 2 N–H and O–H groups in total. The molecule has 3 aliphatic carbocycles. The molecule has 2 aromatic heterocycles. The standard InChI is InChI=1S/C28H24F3N5/c1-14-15-8-10-17(11-9-15)23(14)33-28-22(31)21(16-6-4-3-5-7-16)26(32-2)27(34-28)25-19-12-18(29)13-20(30)24(19)35-36-25/h3-7,12-15,17,23H,8-11H2,1H3,(H,33,34)(H,35,36)/t14-,15?,17?,23+/m1/s1. The highest BCUT2D eigenvalue weighted by molar-refractivity contribution is 5.99. The normalized spacial score (nSPS) is 23.1. The van der Waals surface area contributed by atoms with Crippen LogP contribution in [-0.4, -0.2) is 21.2 Å². The maximum absolute atomic E-state index is 16.2. The van der Waals surface area contributed by atoms with E-state index in [1.807, 2.05) is 6.07 Å². The quantitative estimate of drug-likeness (QED) is 0.293. The molecule has 3 aliphatic rings. The number of rotatable bonds is 4. The molecule has 2 bridgehead atoms. The van der Waals surface area contributed by atoms with Gasteiger partial charge in [-0.2, -0.15) is 5.10 Å². The molecular weight excluding hydrogens is 463 g/mol. The van der Waals surface area contributed by atoms with Crippen LogP contribution in [0.15, 0.2) is 42.5 Å². The summed E-state index contributed by atoms with van der Waals surface area (Å²) >= 11 is 0. The Morgan fingerprint density at radius 1 is 1.03 bits per heavy atom. The lowest BCUT2D eigenvalue weighted by molar-refractivity contribution is 0.0926. The van der Waals surface area contributed by atoms with Crippen molar-refractivity contribution in [2.45, 2.75) is 38.6 Å². The Kier molecular flexibility index (Phi) is 5.44. The Labute approximate surface area is 206 Å². The van der Waals surface area contributed by atoms with Crippen LogP contribution in [0.5, 0.6) is 0 Å². The Hall–Kier alpha value is -3.86. The maximum Gasteiger partial charge on any atom is 0.225 e. The van der Waals surface area contributed by atoms with Gasteiger partial charge in [0.2, 0.25) is 5.69 Å². The average Bonchev–Trinajstić information content (AvgIpc) is 3.31. The number of aromatic nitrogens is 3. The zero-order valence-electron chi connectivity index (χ0n) is 19.7. The van der Waals surface area contributed by atoms with Gasteiger partial charge in [0.25, 0.3) is 0 Å². The van der Waals surface area contributed by atoms with E-state index in [1.165, 1.54) is 12.8 Å². The summed E-state index contributed by atoms with van der Waals surface area (Å²) in [6.07, 6.45) is 4.57. The fourth-order valence-corrected chi connectivity index (χ4v) is 6.18. The van der Waals surface area contributed by atoms with E-state index in [9.17, 15) is 8.78 Å². The van der Waals surface area contributed by atoms with E-state index >= 15 is 4.39 Å². The summed E-state index contributed by atoms with van der Waals surface area (Å²) in [5.74, 6) is -0.791. The number of anilines is 1. The van der Waals surface area contributed by atoms with Crippen molar-refractivity contribution in [2.75, 3.05) is 5.32 Å². The zero-order chi connectivity index (χ0) is 25.0. The lowest BCUT2D eigenvalue weighted by Gasteiger charge is -2.47. The van der Waals surface area contributed by atoms with Crippen LogP contribution in [0.4, 0.5) is 24.7 Å². The Bertz CT molecular complexity index is 1500. The van der Waals surface area contributed by atoms with Crippen molar-refractivity contribution in [1.82, 2.24) is 15.2 Å². The van der Waals surface area contributed by atoms with E-state index in [2.05, 4.69) is 32.3 Å². The zero-order valence-corrected chi connectivity index (χ0v) is 19.7. The molecule has 4 aromatic rings. The summed E-state index contributed by atoms with van der Waals surface area (Å²) < 4.78 is 44.7. The number of nitrogens with zero attached hydrogens (tertiary/aromatic N) is 3. The van der Waals surface area contributed by atoms with Crippen LogP contribution < -0.4 is 5.32 Å². The molecule has 0 amide bonds. The summed E-state index contributed by atoms with van der Waals surface area (Å²) in [7, 11) is 0. The molecule has 2 heterocycles. The Morgan fingerprint density at radius 3 is 2.44 bits per heavy atom. The van der Waals surface area contributed by atoms with Gasteiger partial charge in [0.15, 0.2) is 17.5 Å². The summed E-state index contributed by atoms with van der Waals surface area (Å²) in [6, 6.07) is 10.8. The third kappa shape index (κ3) is 3.53. The van der Waals surface area contributed by atoms with E-state index in [1.54, 1.807) is 24.3 Å². The van der Waals surface area contributed by atoms with Gasteiger partial charge in [0.1, 0.15) is 11.3 Å². The van der Waals surface area contributed by atoms with Crippen molar-refractivity contribution in [3.05, 3.63) is 71.3 Å². The highest BCUT2D eigenvalue weighted by Gasteiger charge is 2.42. The molecule has 7 rings (SSSR count). The fourth-order valence-electron chi connectivity index (χ4n) is 6.18. The van der Waals surface area contributed by atoms with E-state index in [0.717, 1.165) is 25.0 Å². The number of fused-ring (bicyclic) bond motifs is 4. The highest BCUT2D eigenvalue weighted by atomic mass is 19.1. The Balaban J connectivity index is 1.58. The molecule has 5 nitrogen and oxygen atoms in total. The van der Waals surface area contributed by atoms with Crippen LogP contribution in [0.2, 0.25) is 0 Å². The van der Waals surface area contributed by atoms with Gasteiger partial charge in [-0.3, -0.25) is 5.10 Å². The third-order valence-electron chi connectivity index (χ3n) is 8.04. The first-order valence-corrected chi connectivity index (χ1v) is 12.2. The van der Waals surface area contributed by atoms with Gasteiger partial charge < -0.3 is 5.32 Å². The number of aromatic amines is 1. The minimum atomic E-state index is -0.826. The second-order valence-corrected chi connectivity index (χ2v) is 9.91. The minimum Gasteiger partial charge on any atom is -0.364 e. The molecule has 36 heavy (non-hydrogen) atoms. The first-order valence-electron chi connectivity index (χ1n) is 12.2. The predicted molar refractivity (Wildman–Crippen MR) is 133 cm³/mol. The lowest BCUT2D eigenvalue weighted by atomic mass is 9.62. The molecule has 0 unspecified atom stereocenters. The molecule has 3 saturated carbocycles. The molecule has 2 aromatic carbocycles. The number of H-pyrrole nitrogens is 1. The van der Waals surface area contributed by atoms with Crippen molar-refractivity contribution >= 4 is 22.4 Å². The number of halogens is 3. The summed E-state index contributed by atoms with van der Waals surface area (Å²) in [6.45, 7) is 10.1. The van der Waals surface area contributed by atoms with E-state index < -0.39 is 17.5 Å². The van der Waals surface area contributed by atoms with Crippen LogP contribution in [-0.2, 0) is 0 Å². The summed E-state index contributed by atoms with van der Waals surface area (Å²) in [5.41, 5.74) is 0.792. The van der Waals surface area contributed by atoms with E-state index in [4.69, 9.17) is 6.57 Å². The second kappa shape index (κ2) is 8.66. The monoisotopic (exact) mass is 487 g/mol. The van der Waals surface area contributed by atoms with Crippen molar-refractivity contribution in [3.63, 3.8) is 0 Å². The smallest absolute Gasteiger partial charge is 0.225 e. The first-order chi connectivity index (χ1) is 17.5. The summed E-state index contributed by atoms with van der Waals surface area (Å²) in [4.78, 5) is 8.22. The number of benzene rings is 2. The highest BCUT2D eigenvalue weighted by Crippen LogP contribution is 2.48. The van der Waals surface area contributed by atoms with Crippen LogP contribution in [0, 0.1) is 41.8 Å². The number of hydrogen-bond donors (Lipinski definition) is 2. The topological polar surface area (TPSA) is 58.0 Å². The fraction of sp³-hybridized carbons (Fsp3) is 0.321. The largest absolute Gasteiger partial charge is 0.364 e. The molecule has 182 valence electrons. The molecule has 0 saturated heterocycles. The van der Waals surface area contributed by atoms with Crippen molar-refractivity contribution in [3.8, 4) is 22.5 Å². The number of nitrogens with one attached hydrogen (secondary N) is 2. The number of hydrogen-bond acceptors (Lipinski definition) is 3. The lowest BCUT2D eigenvalue weighted by Crippen LogP contribution is -2.47. The molecule has 0 aliphatic heterocycles. The van der Waals surface area contributed by atoms with Crippen molar-refractivity contribution in [2.24, 2.45) is 17.8 Å². The minimum absolute atomic E-state index is 0.0419. The molecule has 0 spiro atoms. The van der Waals surface area contributed by atoms with Gasteiger partial charge in [-0.25, -0.2) is 23.0 Å². The molecule has 3 fully saturated rings. The van der Waals surface area contributed by atoms with Gasteiger partial charge in [-0.15, -0.1) is 0 Å². The Morgan fingerprint density at radius 2 is 1.75 bits per heavy atom. The van der Waals surface area contributed by atoms with Crippen LogP contribution in [0.25, 0.3) is 38.3 Å².